The van der Waals surface area contributed by atoms with Crippen LogP contribution in [-0.4, -0.2) is 11.7 Å². The highest BCUT2D eigenvalue weighted by Crippen LogP contribution is 2.23. The minimum Gasteiger partial charge on any atom is -0.396 e. The quantitative estimate of drug-likeness (QED) is 0.851. The van der Waals surface area contributed by atoms with Crippen LogP contribution in [0.1, 0.15) is 18.0 Å². The van der Waals surface area contributed by atoms with Crippen LogP contribution in [0.25, 0.3) is 0 Å². The first-order valence-corrected chi connectivity index (χ1v) is 4.34. The molecule has 0 aromatic heterocycles. The zero-order chi connectivity index (χ0) is 9.84. The van der Waals surface area contributed by atoms with Gasteiger partial charge in [0.1, 0.15) is 5.82 Å². The summed E-state index contributed by atoms with van der Waals surface area (Å²) >= 11 is 5.80. The molecule has 1 rings (SSSR count). The summed E-state index contributed by atoms with van der Waals surface area (Å²) in [5, 5.41) is 9.07. The van der Waals surface area contributed by atoms with Crippen molar-refractivity contribution in [1.82, 2.24) is 0 Å². The molecule has 0 aliphatic carbocycles. The maximum Gasteiger partial charge on any atom is 0.123 e. The van der Waals surface area contributed by atoms with Crippen LogP contribution >= 0.6 is 24.0 Å². The zero-order valence-electron chi connectivity index (χ0n) is 7.41. The van der Waals surface area contributed by atoms with E-state index in [4.69, 9.17) is 22.4 Å². The molecule has 0 saturated carbocycles. The van der Waals surface area contributed by atoms with Crippen molar-refractivity contribution < 1.29 is 9.50 Å². The van der Waals surface area contributed by atoms with Gasteiger partial charge in [0.15, 0.2) is 0 Å². The second-order valence-corrected chi connectivity index (χ2v) is 3.19. The Kier molecular flexibility index (Phi) is 6.04. The first-order valence-electron chi connectivity index (χ1n) is 3.96. The molecule has 0 bridgehead atoms. The number of hydrogen-bond acceptors (Lipinski definition) is 2. The predicted molar refractivity (Wildman–Crippen MR) is 57.3 cm³/mol. The maximum atomic E-state index is 12.8. The second-order valence-electron chi connectivity index (χ2n) is 2.78. The highest BCUT2D eigenvalue weighted by atomic mass is 35.5. The normalized spacial score (nSPS) is 12.0. The summed E-state index contributed by atoms with van der Waals surface area (Å²) in [5.41, 5.74) is 6.20. The van der Waals surface area contributed by atoms with E-state index in [9.17, 15) is 4.39 Å². The summed E-state index contributed by atoms with van der Waals surface area (Å²) in [5.74, 6) is -0.368. The molecule has 0 radical (unpaired) electrons. The summed E-state index contributed by atoms with van der Waals surface area (Å²) < 4.78 is 12.8. The lowest BCUT2D eigenvalue weighted by Gasteiger charge is -2.11. The SMILES string of the molecule is Cl.N[C@H](CCO)c1cc(F)ccc1Cl. The van der Waals surface area contributed by atoms with Crippen LogP contribution in [0.3, 0.4) is 0 Å². The Morgan fingerprint density at radius 3 is 2.71 bits per heavy atom. The van der Waals surface area contributed by atoms with Gasteiger partial charge in [-0.15, -0.1) is 12.4 Å². The Labute approximate surface area is 93.3 Å². The summed E-state index contributed by atoms with van der Waals surface area (Å²) in [6.45, 7) is -0.0337. The lowest BCUT2D eigenvalue weighted by Crippen LogP contribution is -2.12. The number of benzene rings is 1. The average molecular weight is 240 g/mol. The Hall–Kier alpha value is -0.350. The molecule has 0 unspecified atom stereocenters. The predicted octanol–water partition coefficient (Wildman–Crippen LogP) is 2.28. The molecular weight excluding hydrogens is 228 g/mol. The van der Waals surface area contributed by atoms with E-state index in [-0.39, 0.29) is 24.8 Å². The highest BCUT2D eigenvalue weighted by Gasteiger charge is 2.10. The molecule has 0 aliphatic rings. The molecule has 0 heterocycles. The van der Waals surface area contributed by atoms with Gasteiger partial charge in [-0.1, -0.05) is 11.6 Å². The molecule has 0 spiro atoms. The van der Waals surface area contributed by atoms with E-state index in [0.29, 0.717) is 17.0 Å². The number of aliphatic hydroxyl groups is 1. The molecule has 0 amide bonds. The van der Waals surface area contributed by atoms with Gasteiger partial charge in [-0.2, -0.15) is 0 Å². The average Bonchev–Trinajstić information content (AvgIpc) is 2.09. The third-order valence-electron chi connectivity index (χ3n) is 1.80. The number of hydrogen-bond donors (Lipinski definition) is 2. The molecule has 1 aromatic rings. The lowest BCUT2D eigenvalue weighted by atomic mass is 10.1. The highest BCUT2D eigenvalue weighted by molar-refractivity contribution is 6.31. The smallest absolute Gasteiger partial charge is 0.123 e. The van der Waals surface area contributed by atoms with Crippen molar-refractivity contribution in [2.75, 3.05) is 6.61 Å². The van der Waals surface area contributed by atoms with Gasteiger partial charge in [-0.05, 0) is 30.2 Å². The monoisotopic (exact) mass is 239 g/mol. The van der Waals surface area contributed by atoms with Gasteiger partial charge in [0.2, 0.25) is 0 Å². The van der Waals surface area contributed by atoms with Crippen molar-refractivity contribution in [1.29, 1.82) is 0 Å². The second kappa shape index (κ2) is 6.19. The van der Waals surface area contributed by atoms with E-state index in [0.717, 1.165) is 0 Å². The fourth-order valence-electron chi connectivity index (χ4n) is 1.09. The van der Waals surface area contributed by atoms with Crippen LogP contribution in [0.4, 0.5) is 4.39 Å². The fourth-order valence-corrected chi connectivity index (χ4v) is 1.35. The van der Waals surface area contributed by atoms with Crippen molar-refractivity contribution in [3.05, 3.63) is 34.6 Å². The van der Waals surface area contributed by atoms with E-state index < -0.39 is 6.04 Å². The van der Waals surface area contributed by atoms with Crippen LogP contribution in [0.2, 0.25) is 5.02 Å². The van der Waals surface area contributed by atoms with E-state index >= 15 is 0 Å². The van der Waals surface area contributed by atoms with Gasteiger partial charge in [-0.25, -0.2) is 4.39 Å². The largest absolute Gasteiger partial charge is 0.396 e. The Morgan fingerprint density at radius 2 is 2.14 bits per heavy atom. The third-order valence-corrected chi connectivity index (χ3v) is 2.14. The van der Waals surface area contributed by atoms with Crippen molar-refractivity contribution in [3.63, 3.8) is 0 Å². The van der Waals surface area contributed by atoms with Gasteiger partial charge in [-0.3, -0.25) is 0 Å². The zero-order valence-corrected chi connectivity index (χ0v) is 8.98. The molecule has 1 atom stereocenters. The molecule has 5 heteroatoms. The minimum atomic E-state index is -0.409. The molecule has 14 heavy (non-hydrogen) atoms. The first-order chi connectivity index (χ1) is 6.15. The van der Waals surface area contributed by atoms with Crippen LogP contribution < -0.4 is 5.73 Å². The van der Waals surface area contributed by atoms with Crippen LogP contribution in [-0.2, 0) is 0 Å². The molecule has 3 N–H and O–H groups in total. The fraction of sp³-hybridized carbons (Fsp3) is 0.333. The van der Waals surface area contributed by atoms with E-state index in [1.807, 2.05) is 0 Å². The Morgan fingerprint density at radius 1 is 1.50 bits per heavy atom. The molecule has 0 fully saturated rings. The van der Waals surface area contributed by atoms with Crippen LogP contribution in [0.5, 0.6) is 0 Å². The molecule has 2 nitrogen and oxygen atoms in total. The summed E-state index contributed by atoms with van der Waals surface area (Å²) in [4.78, 5) is 0. The summed E-state index contributed by atoms with van der Waals surface area (Å²) in [6, 6.07) is 3.62. The van der Waals surface area contributed by atoms with Gasteiger partial charge in [0, 0.05) is 17.7 Å². The summed E-state index contributed by atoms with van der Waals surface area (Å²) in [7, 11) is 0. The molecule has 0 aliphatic heterocycles. The van der Waals surface area contributed by atoms with Crippen molar-refractivity contribution in [2.45, 2.75) is 12.5 Å². The van der Waals surface area contributed by atoms with E-state index in [2.05, 4.69) is 0 Å². The van der Waals surface area contributed by atoms with E-state index in [1.165, 1.54) is 18.2 Å². The third kappa shape index (κ3) is 3.42. The minimum absolute atomic E-state index is 0. The number of rotatable bonds is 3. The number of nitrogens with two attached hydrogens (primary N) is 1. The van der Waals surface area contributed by atoms with Gasteiger partial charge in [0.25, 0.3) is 0 Å². The molecule has 1 aromatic carbocycles. The maximum absolute atomic E-state index is 12.8. The lowest BCUT2D eigenvalue weighted by molar-refractivity contribution is 0.276. The number of halogens is 3. The van der Waals surface area contributed by atoms with Gasteiger partial charge in [0.05, 0.1) is 0 Å². The van der Waals surface area contributed by atoms with E-state index in [1.54, 1.807) is 0 Å². The Balaban J connectivity index is 0.00000169. The number of aliphatic hydroxyl groups excluding tert-OH is 1. The van der Waals surface area contributed by atoms with Crippen molar-refractivity contribution in [2.24, 2.45) is 5.73 Å². The molecule has 80 valence electrons. The topological polar surface area (TPSA) is 46.2 Å². The molecule has 0 saturated heterocycles. The first kappa shape index (κ1) is 13.7. The van der Waals surface area contributed by atoms with Crippen LogP contribution in [0, 0.1) is 5.82 Å². The van der Waals surface area contributed by atoms with Gasteiger partial charge < -0.3 is 10.8 Å². The van der Waals surface area contributed by atoms with Gasteiger partial charge >= 0.3 is 0 Å². The van der Waals surface area contributed by atoms with Crippen molar-refractivity contribution in [3.8, 4) is 0 Å². The Bertz CT molecular complexity index is 296. The van der Waals surface area contributed by atoms with Crippen LogP contribution in [0.15, 0.2) is 18.2 Å². The van der Waals surface area contributed by atoms with Crippen molar-refractivity contribution >= 4 is 24.0 Å². The summed E-state index contributed by atoms with van der Waals surface area (Å²) in [6.07, 6.45) is 0.378. The standard InChI is InChI=1S/C9H11ClFNO.ClH/c10-8-2-1-6(11)5-7(8)9(12)3-4-13;/h1-2,5,9,13H,3-4,12H2;1H/t9-;/m1./s1. The molecular formula is C9H12Cl2FNO.